The molecule has 1 atom stereocenters. The third-order valence-electron chi connectivity index (χ3n) is 4.79. The van der Waals surface area contributed by atoms with Crippen molar-refractivity contribution in [2.75, 3.05) is 25.0 Å². The molecule has 1 aromatic carbocycles. The summed E-state index contributed by atoms with van der Waals surface area (Å²) in [5.41, 5.74) is 0.549. The topological polar surface area (TPSA) is 111 Å². The van der Waals surface area contributed by atoms with Crippen LogP contribution in [0.1, 0.15) is 33.6 Å². The van der Waals surface area contributed by atoms with Gasteiger partial charge in [0.15, 0.2) is 17.5 Å². The molecule has 9 nitrogen and oxygen atoms in total. The number of nitrogens with zero attached hydrogens (tertiary/aromatic N) is 2. The SMILES string of the molecule is CCCN(CC(=O)Nc1ccc(F)c(F)c1F)CC(=O)NN1C(=O)N[C@@](C)(CC)C1=O. The van der Waals surface area contributed by atoms with Crippen molar-refractivity contribution in [3.63, 3.8) is 0 Å². The Kier molecular flexibility index (Phi) is 7.60. The van der Waals surface area contributed by atoms with Gasteiger partial charge >= 0.3 is 6.03 Å². The highest BCUT2D eigenvalue weighted by molar-refractivity contribution is 6.07. The van der Waals surface area contributed by atoms with Crippen molar-refractivity contribution in [2.24, 2.45) is 0 Å². The molecule has 1 aliphatic rings. The smallest absolute Gasteiger partial charge is 0.322 e. The lowest BCUT2D eigenvalue weighted by Crippen LogP contribution is -2.51. The lowest BCUT2D eigenvalue weighted by Gasteiger charge is -2.23. The molecule has 1 aromatic rings. The van der Waals surface area contributed by atoms with Gasteiger partial charge in [0.2, 0.25) is 5.91 Å². The van der Waals surface area contributed by atoms with Crippen LogP contribution in [0.15, 0.2) is 12.1 Å². The normalized spacial score (nSPS) is 18.4. The minimum absolute atomic E-state index is 0.286. The number of urea groups is 1. The first-order chi connectivity index (χ1) is 14.5. The first-order valence-corrected chi connectivity index (χ1v) is 9.64. The number of hydrogen-bond acceptors (Lipinski definition) is 5. The van der Waals surface area contributed by atoms with Crippen molar-refractivity contribution in [2.45, 2.75) is 39.2 Å². The van der Waals surface area contributed by atoms with Gasteiger partial charge in [0.1, 0.15) is 5.54 Å². The predicted octanol–water partition coefficient (Wildman–Crippen LogP) is 1.51. The molecular weight excluding hydrogens is 419 g/mol. The number of carbonyl (C=O) groups is 4. The summed E-state index contributed by atoms with van der Waals surface area (Å²) in [5, 5.41) is 5.20. The van der Waals surface area contributed by atoms with E-state index in [2.05, 4.69) is 16.1 Å². The van der Waals surface area contributed by atoms with E-state index in [1.807, 2.05) is 0 Å². The summed E-state index contributed by atoms with van der Waals surface area (Å²) in [4.78, 5) is 50.3. The van der Waals surface area contributed by atoms with Crippen LogP contribution in [-0.4, -0.2) is 58.8 Å². The zero-order valence-electron chi connectivity index (χ0n) is 17.4. The van der Waals surface area contributed by atoms with Crippen LogP contribution in [0.25, 0.3) is 0 Å². The summed E-state index contributed by atoms with van der Waals surface area (Å²) < 4.78 is 40.0. The van der Waals surface area contributed by atoms with E-state index in [1.165, 1.54) is 11.8 Å². The first kappa shape index (κ1) is 24.1. The van der Waals surface area contributed by atoms with E-state index in [9.17, 15) is 32.3 Å². The zero-order valence-corrected chi connectivity index (χ0v) is 17.4. The van der Waals surface area contributed by atoms with E-state index < -0.39 is 52.4 Å². The molecule has 0 unspecified atom stereocenters. The fraction of sp³-hybridized carbons (Fsp3) is 0.474. The summed E-state index contributed by atoms with van der Waals surface area (Å²) in [6.07, 6.45) is 0.879. The van der Waals surface area contributed by atoms with Crippen molar-refractivity contribution in [3.8, 4) is 0 Å². The molecular formula is C19H24F3N5O4. The number of amides is 5. The molecule has 12 heteroatoms. The summed E-state index contributed by atoms with van der Waals surface area (Å²) in [5.74, 6) is -6.73. The summed E-state index contributed by atoms with van der Waals surface area (Å²) in [7, 11) is 0. The highest BCUT2D eigenvalue weighted by Crippen LogP contribution is 2.20. The van der Waals surface area contributed by atoms with Crippen LogP contribution in [0.4, 0.5) is 23.7 Å². The van der Waals surface area contributed by atoms with Crippen LogP contribution in [0.2, 0.25) is 0 Å². The Morgan fingerprint density at radius 1 is 1.10 bits per heavy atom. The number of hydrogen-bond donors (Lipinski definition) is 3. The lowest BCUT2D eigenvalue weighted by atomic mass is 10.00. The average molecular weight is 443 g/mol. The van der Waals surface area contributed by atoms with Crippen molar-refractivity contribution in [1.29, 1.82) is 0 Å². The maximum atomic E-state index is 13.7. The molecule has 0 bridgehead atoms. The Bertz CT molecular complexity index is 898. The Balaban J connectivity index is 1.99. The number of halogens is 3. The van der Waals surface area contributed by atoms with Gasteiger partial charge in [0.25, 0.3) is 11.8 Å². The largest absolute Gasteiger partial charge is 0.344 e. The molecule has 0 aromatic heterocycles. The average Bonchev–Trinajstić information content (AvgIpc) is 2.92. The summed E-state index contributed by atoms with van der Waals surface area (Å²) >= 11 is 0. The van der Waals surface area contributed by atoms with Crippen LogP contribution in [0, 0.1) is 17.5 Å². The van der Waals surface area contributed by atoms with Crippen molar-refractivity contribution in [1.82, 2.24) is 20.7 Å². The molecule has 5 amide bonds. The summed E-state index contributed by atoms with van der Waals surface area (Å²) in [6, 6.07) is 0.787. The first-order valence-electron chi connectivity index (χ1n) is 9.64. The zero-order chi connectivity index (χ0) is 23.3. The van der Waals surface area contributed by atoms with Crippen molar-refractivity contribution < 1.29 is 32.3 Å². The molecule has 0 spiro atoms. The van der Waals surface area contributed by atoms with Crippen LogP contribution < -0.4 is 16.1 Å². The standard InChI is InChI=1S/C19H24F3N5O4/c1-4-8-26(9-13(28)23-12-7-6-11(20)15(21)16(12)22)10-14(29)25-27-17(30)19(3,5-2)24-18(27)31/h6-7H,4-5,8-10H2,1-3H3,(H,23,28)(H,24,31)(H,25,29)/t19-/m0/s1. The summed E-state index contributed by atoms with van der Waals surface area (Å²) in [6.45, 7) is 4.61. The van der Waals surface area contributed by atoms with Crippen LogP contribution in [0.5, 0.6) is 0 Å². The third kappa shape index (κ3) is 5.51. The molecule has 2 rings (SSSR count). The Hall–Kier alpha value is -3.15. The second-order valence-corrected chi connectivity index (χ2v) is 7.27. The van der Waals surface area contributed by atoms with E-state index in [0.717, 1.165) is 6.07 Å². The molecule has 1 fully saturated rings. The van der Waals surface area contributed by atoms with Gasteiger partial charge in [0, 0.05) is 0 Å². The number of carbonyl (C=O) groups excluding carboxylic acids is 4. The Morgan fingerprint density at radius 2 is 1.74 bits per heavy atom. The number of benzene rings is 1. The second kappa shape index (κ2) is 9.77. The van der Waals surface area contributed by atoms with Crippen LogP contribution in [-0.2, 0) is 14.4 Å². The Morgan fingerprint density at radius 3 is 2.32 bits per heavy atom. The van der Waals surface area contributed by atoms with Gasteiger partial charge in [-0.1, -0.05) is 13.8 Å². The quantitative estimate of drug-likeness (QED) is 0.396. The minimum Gasteiger partial charge on any atom is -0.322 e. The third-order valence-corrected chi connectivity index (χ3v) is 4.79. The van der Waals surface area contributed by atoms with Crippen LogP contribution in [0.3, 0.4) is 0 Å². The van der Waals surface area contributed by atoms with Gasteiger partial charge < -0.3 is 10.6 Å². The van der Waals surface area contributed by atoms with E-state index in [1.54, 1.807) is 13.8 Å². The number of hydrazine groups is 1. The predicted molar refractivity (Wildman–Crippen MR) is 104 cm³/mol. The highest BCUT2D eigenvalue weighted by Gasteiger charge is 2.47. The van der Waals surface area contributed by atoms with E-state index in [0.29, 0.717) is 23.9 Å². The molecule has 0 aliphatic carbocycles. The van der Waals surface area contributed by atoms with E-state index in [-0.39, 0.29) is 19.6 Å². The van der Waals surface area contributed by atoms with Crippen molar-refractivity contribution in [3.05, 3.63) is 29.6 Å². The van der Waals surface area contributed by atoms with Crippen molar-refractivity contribution >= 4 is 29.4 Å². The maximum Gasteiger partial charge on any atom is 0.344 e. The molecule has 1 heterocycles. The fourth-order valence-electron chi connectivity index (χ4n) is 2.93. The van der Waals surface area contributed by atoms with E-state index in [4.69, 9.17) is 0 Å². The number of anilines is 1. The van der Waals surface area contributed by atoms with Gasteiger partial charge in [-0.25, -0.2) is 18.0 Å². The molecule has 0 radical (unpaired) electrons. The van der Waals surface area contributed by atoms with Gasteiger partial charge in [-0.3, -0.25) is 24.7 Å². The molecule has 1 saturated heterocycles. The number of imide groups is 1. The fourth-order valence-corrected chi connectivity index (χ4v) is 2.93. The highest BCUT2D eigenvalue weighted by atomic mass is 19.2. The number of rotatable bonds is 9. The molecule has 3 N–H and O–H groups in total. The van der Waals surface area contributed by atoms with Gasteiger partial charge in [-0.15, -0.1) is 0 Å². The minimum atomic E-state index is -1.71. The van der Waals surface area contributed by atoms with Crippen LogP contribution >= 0.6 is 0 Å². The monoisotopic (exact) mass is 443 g/mol. The number of nitrogens with one attached hydrogen (secondary N) is 3. The molecule has 1 aliphatic heterocycles. The lowest BCUT2D eigenvalue weighted by molar-refractivity contribution is -0.139. The van der Waals surface area contributed by atoms with Gasteiger partial charge in [-0.2, -0.15) is 5.01 Å². The molecule has 170 valence electrons. The molecule has 0 saturated carbocycles. The molecule has 31 heavy (non-hydrogen) atoms. The second-order valence-electron chi connectivity index (χ2n) is 7.27. The van der Waals surface area contributed by atoms with Gasteiger partial charge in [0.05, 0.1) is 18.8 Å². The maximum absolute atomic E-state index is 13.7. The van der Waals surface area contributed by atoms with E-state index >= 15 is 0 Å². The Labute approximate surface area is 176 Å². The van der Waals surface area contributed by atoms with Gasteiger partial charge in [-0.05, 0) is 38.4 Å².